The van der Waals surface area contributed by atoms with E-state index in [2.05, 4.69) is 29.0 Å². The maximum absolute atomic E-state index is 11.4. The summed E-state index contributed by atoms with van der Waals surface area (Å²) >= 11 is 0. The van der Waals surface area contributed by atoms with Crippen LogP contribution < -0.4 is 4.72 Å². The van der Waals surface area contributed by atoms with Crippen molar-refractivity contribution in [2.75, 3.05) is 19.2 Å². The van der Waals surface area contributed by atoms with E-state index in [0.29, 0.717) is 19.8 Å². The molecule has 0 bridgehead atoms. The molecule has 1 saturated heterocycles. The number of rotatable bonds is 5. The molecule has 2 aromatic rings. The van der Waals surface area contributed by atoms with Crippen LogP contribution in [-0.4, -0.2) is 33.6 Å². The third-order valence-electron chi connectivity index (χ3n) is 3.55. The van der Waals surface area contributed by atoms with E-state index >= 15 is 0 Å². The molecule has 1 fully saturated rings. The predicted octanol–water partition coefficient (Wildman–Crippen LogP) is 2.15. The van der Waals surface area contributed by atoms with Gasteiger partial charge in [0.2, 0.25) is 10.0 Å². The van der Waals surface area contributed by atoms with Crippen LogP contribution in [0.15, 0.2) is 54.6 Å². The highest BCUT2D eigenvalue weighted by atomic mass is 32.2. The SMILES string of the molecule is O=S1(=O)COC[C@@H](COCc2ccc(-c3ccccc3)cc2)N1. The first-order chi connectivity index (χ1) is 11.1. The normalized spacial score (nSPS) is 20.3. The van der Waals surface area contributed by atoms with Crippen LogP contribution in [0.1, 0.15) is 5.56 Å². The van der Waals surface area contributed by atoms with Crippen molar-refractivity contribution in [3.8, 4) is 11.1 Å². The number of sulfonamides is 1. The maximum atomic E-state index is 11.4. The van der Waals surface area contributed by atoms with Gasteiger partial charge in [0.25, 0.3) is 0 Å². The molecule has 0 aliphatic carbocycles. The van der Waals surface area contributed by atoms with E-state index in [1.54, 1.807) is 0 Å². The highest BCUT2D eigenvalue weighted by Crippen LogP contribution is 2.19. The Morgan fingerprint density at radius 3 is 2.43 bits per heavy atom. The smallest absolute Gasteiger partial charge is 0.236 e. The standard InChI is InChI=1S/C17H19NO4S/c19-23(20)13-22-12-17(18-23)11-21-10-14-6-8-16(9-7-14)15-4-2-1-3-5-15/h1-9,17-18H,10-13H2/t17-/m1/s1. The van der Waals surface area contributed by atoms with Crippen molar-refractivity contribution in [3.05, 3.63) is 60.2 Å². The Kier molecular flexibility index (Phi) is 5.07. The lowest BCUT2D eigenvalue weighted by Gasteiger charge is -2.23. The van der Waals surface area contributed by atoms with Crippen LogP contribution >= 0.6 is 0 Å². The van der Waals surface area contributed by atoms with Crippen molar-refractivity contribution in [3.63, 3.8) is 0 Å². The zero-order chi connectivity index (χ0) is 16.1. The third-order valence-corrected chi connectivity index (χ3v) is 4.72. The van der Waals surface area contributed by atoms with Gasteiger partial charge >= 0.3 is 0 Å². The molecule has 2 aromatic carbocycles. The summed E-state index contributed by atoms with van der Waals surface area (Å²) in [4.78, 5) is 0. The van der Waals surface area contributed by atoms with Gasteiger partial charge in [0.1, 0.15) is 0 Å². The number of hydrogen-bond acceptors (Lipinski definition) is 4. The zero-order valence-electron chi connectivity index (χ0n) is 12.6. The van der Waals surface area contributed by atoms with E-state index in [1.165, 1.54) is 5.56 Å². The summed E-state index contributed by atoms with van der Waals surface area (Å²) in [7, 11) is -3.32. The summed E-state index contributed by atoms with van der Waals surface area (Å²) in [5, 5.41) is 0. The Hall–Kier alpha value is -1.73. The van der Waals surface area contributed by atoms with Gasteiger partial charge in [-0.2, -0.15) is 0 Å². The van der Waals surface area contributed by atoms with Crippen molar-refractivity contribution in [2.45, 2.75) is 12.6 Å². The molecule has 0 saturated carbocycles. The molecule has 122 valence electrons. The molecule has 0 spiro atoms. The monoisotopic (exact) mass is 333 g/mol. The zero-order valence-corrected chi connectivity index (χ0v) is 13.5. The Labute approximate surface area is 136 Å². The molecular formula is C17H19NO4S. The van der Waals surface area contributed by atoms with Crippen molar-refractivity contribution in [1.29, 1.82) is 0 Å². The van der Waals surface area contributed by atoms with Crippen LogP contribution in [0.5, 0.6) is 0 Å². The van der Waals surface area contributed by atoms with Crippen molar-refractivity contribution < 1.29 is 17.9 Å². The molecule has 0 unspecified atom stereocenters. The molecule has 0 amide bonds. The summed E-state index contributed by atoms with van der Waals surface area (Å²) in [6.07, 6.45) is 0. The topological polar surface area (TPSA) is 64.6 Å². The van der Waals surface area contributed by atoms with Gasteiger partial charge in [-0.1, -0.05) is 54.6 Å². The van der Waals surface area contributed by atoms with Gasteiger partial charge in [0.15, 0.2) is 5.94 Å². The first-order valence-corrected chi connectivity index (χ1v) is 9.07. The first kappa shape index (κ1) is 16.1. The van der Waals surface area contributed by atoms with Gasteiger partial charge in [-0.15, -0.1) is 0 Å². The van der Waals surface area contributed by atoms with Crippen LogP contribution in [-0.2, 0) is 26.1 Å². The Morgan fingerprint density at radius 1 is 1.04 bits per heavy atom. The molecular weight excluding hydrogens is 314 g/mol. The molecule has 6 heteroatoms. The average Bonchev–Trinajstić information content (AvgIpc) is 2.55. The summed E-state index contributed by atoms with van der Waals surface area (Å²) in [5.41, 5.74) is 3.38. The Bertz CT molecular complexity index is 729. The lowest BCUT2D eigenvalue weighted by Crippen LogP contribution is -2.47. The van der Waals surface area contributed by atoms with Crippen LogP contribution in [0, 0.1) is 0 Å². The minimum absolute atomic E-state index is 0.273. The van der Waals surface area contributed by atoms with Crippen molar-refractivity contribution >= 4 is 10.0 Å². The van der Waals surface area contributed by atoms with Gasteiger partial charge in [0, 0.05) is 0 Å². The van der Waals surface area contributed by atoms with E-state index in [4.69, 9.17) is 9.47 Å². The fourth-order valence-corrected chi connectivity index (χ4v) is 3.47. The number of nitrogens with one attached hydrogen (secondary N) is 1. The van der Waals surface area contributed by atoms with Gasteiger partial charge in [-0.3, -0.25) is 0 Å². The Balaban J connectivity index is 1.51. The summed E-state index contributed by atoms with van der Waals surface area (Å²) < 4.78 is 35.9. The Morgan fingerprint density at radius 2 is 1.74 bits per heavy atom. The van der Waals surface area contributed by atoms with Crippen molar-refractivity contribution in [2.24, 2.45) is 0 Å². The molecule has 1 atom stereocenters. The van der Waals surface area contributed by atoms with E-state index in [0.717, 1.165) is 11.1 Å². The van der Waals surface area contributed by atoms with Crippen LogP contribution in [0.3, 0.4) is 0 Å². The second kappa shape index (κ2) is 7.23. The van der Waals surface area contributed by atoms with Crippen molar-refractivity contribution in [1.82, 2.24) is 4.72 Å². The minimum Gasteiger partial charge on any atom is -0.375 e. The van der Waals surface area contributed by atoms with Gasteiger partial charge in [0.05, 0.1) is 25.9 Å². The molecule has 23 heavy (non-hydrogen) atoms. The van der Waals surface area contributed by atoms with Crippen LogP contribution in [0.25, 0.3) is 11.1 Å². The molecule has 0 aromatic heterocycles. The fourth-order valence-electron chi connectivity index (χ4n) is 2.45. The summed E-state index contributed by atoms with van der Waals surface area (Å²) in [6.45, 7) is 1.07. The maximum Gasteiger partial charge on any atom is 0.236 e. The highest BCUT2D eigenvalue weighted by Gasteiger charge is 2.24. The molecule has 0 radical (unpaired) electrons. The highest BCUT2D eigenvalue weighted by molar-refractivity contribution is 7.89. The summed E-state index contributed by atoms with van der Waals surface area (Å²) in [6, 6.07) is 18.0. The van der Waals surface area contributed by atoms with Gasteiger partial charge in [-0.05, 0) is 16.7 Å². The second-order valence-corrected chi connectivity index (χ2v) is 7.20. The third kappa shape index (κ3) is 4.62. The number of ether oxygens (including phenoxy) is 2. The molecule has 1 aliphatic heterocycles. The average molecular weight is 333 g/mol. The van der Waals surface area contributed by atoms with Crippen LogP contribution in [0.4, 0.5) is 0 Å². The minimum atomic E-state index is -3.32. The largest absolute Gasteiger partial charge is 0.375 e. The summed E-state index contributed by atoms with van der Waals surface area (Å²) in [5.74, 6) is -0.273. The number of benzene rings is 2. The molecule has 1 N–H and O–H groups in total. The van der Waals surface area contributed by atoms with E-state index in [9.17, 15) is 8.42 Å². The van der Waals surface area contributed by atoms with Gasteiger partial charge in [-0.25, -0.2) is 13.1 Å². The quantitative estimate of drug-likeness (QED) is 0.910. The van der Waals surface area contributed by atoms with E-state index in [1.807, 2.05) is 30.3 Å². The van der Waals surface area contributed by atoms with E-state index < -0.39 is 10.0 Å². The molecule has 1 heterocycles. The second-order valence-electron chi connectivity index (χ2n) is 5.50. The lowest BCUT2D eigenvalue weighted by atomic mass is 10.0. The van der Waals surface area contributed by atoms with Gasteiger partial charge < -0.3 is 9.47 Å². The van der Waals surface area contributed by atoms with Crippen LogP contribution in [0.2, 0.25) is 0 Å². The first-order valence-electron chi connectivity index (χ1n) is 7.42. The molecule has 5 nitrogen and oxygen atoms in total. The molecule has 1 aliphatic rings. The predicted molar refractivity (Wildman–Crippen MR) is 88.2 cm³/mol. The fraction of sp³-hybridized carbons (Fsp3) is 0.294. The lowest BCUT2D eigenvalue weighted by molar-refractivity contribution is 0.0594. The number of hydrogen-bond donors (Lipinski definition) is 1. The molecule has 3 rings (SSSR count). The van der Waals surface area contributed by atoms with E-state index in [-0.39, 0.29) is 12.0 Å².